The van der Waals surface area contributed by atoms with Crippen LogP contribution < -0.4 is 0 Å². The average Bonchev–Trinajstić information content (AvgIpc) is 2.42. The van der Waals surface area contributed by atoms with Crippen molar-refractivity contribution in [1.82, 2.24) is 0 Å². The van der Waals surface area contributed by atoms with Crippen molar-refractivity contribution in [2.45, 2.75) is 101 Å². The number of alkyl halides is 2. The molecule has 0 rings (SSSR count). The number of unbranched alkanes of at least 4 members (excludes halogenated alkanes) is 10. The van der Waals surface area contributed by atoms with Crippen LogP contribution in [0.5, 0.6) is 0 Å². The van der Waals surface area contributed by atoms with E-state index in [-0.39, 0.29) is 0 Å². The molecule has 0 radical (unpaired) electrons. The number of rotatable bonds is 15. The van der Waals surface area contributed by atoms with Gasteiger partial charge in [0.25, 0.3) is 0 Å². The lowest BCUT2D eigenvalue weighted by Gasteiger charge is -2.09. The smallest absolute Gasteiger partial charge is 0.0110 e. The van der Waals surface area contributed by atoms with E-state index < -0.39 is 0 Å². The van der Waals surface area contributed by atoms with Crippen molar-refractivity contribution in [3.8, 4) is 0 Å². The molecule has 0 aliphatic carbocycles. The third-order valence-electron chi connectivity index (χ3n) is 3.77. The minimum absolute atomic E-state index is 0.941. The van der Waals surface area contributed by atoms with Gasteiger partial charge in [0.15, 0.2) is 0 Å². The monoisotopic (exact) mass is 492 g/mol. The molecule has 0 amide bonds. The normalized spacial score (nSPS) is 12.8. The van der Waals surface area contributed by atoms with Crippen LogP contribution in [0.4, 0.5) is 0 Å². The molecular weight excluding hydrogens is 458 g/mol. The summed E-state index contributed by atoms with van der Waals surface area (Å²) in [5.74, 6) is 0. The summed E-state index contributed by atoms with van der Waals surface area (Å²) < 4.78 is 2.28. The highest BCUT2D eigenvalue weighted by Gasteiger charge is 2.03. The maximum atomic E-state index is 2.67. The summed E-state index contributed by atoms with van der Waals surface area (Å²) >= 11 is 5.16. The van der Waals surface area contributed by atoms with Crippen LogP contribution in [0.1, 0.15) is 96.8 Å². The Hall–Kier alpha value is 1.46. The van der Waals surface area contributed by atoms with Gasteiger partial charge in [-0.15, -0.1) is 0 Å². The summed E-state index contributed by atoms with van der Waals surface area (Å²) in [4.78, 5) is 0. The van der Waals surface area contributed by atoms with E-state index in [2.05, 4.69) is 52.1 Å². The van der Waals surface area contributed by atoms with Gasteiger partial charge in [-0.2, -0.15) is 0 Å². The Bertz CT molecular complexity index is 159. The van der Waals surface area contributed by atoms with Gasteiger partial charge in [-0.05, 0) is 23.7 Å². The first kappa shape index (κ1) is 20.5. The molecule has 116 valence electrons. The highest BCUT2D eigenvalue weighted by atomic mass is 127. The Kier molecular flexibility index (Phi) is 18.9. The minimum Gasteiger partial charge on any atom is -0.0864 e. The second kappa shape index (κ2) is 17.5. The quantitative estimate of drug-likeness (QED) is 0.125. The molecule has 0 bridgehead atoms. The molecule has 0 nitrogen and oxygen atoms in total. The third kappa shape index (κ3) is 17.4. The van der Waals surface area contributed by atoms with E-state index >= 15 is 0 Å². The van der Waals surface area contributed by atoms with Crippen molar-refractivity contribution < 1.29 is 0 Å². The van der Waals surface area contributed by atoms with Gasteiger partial charge in [-0.3, -0.25) is 0 Å². The second-order valence-electron chi connectivity index (χ2n) is 5.75. The van der Waals surface area contributed by atoms with E-state index in [1.807, 2.05) is 0 Å². The van der Waals surface area contributed by atoms with Crippen LogP contribution in [0.15, 0.2) is 0 Å². The first-order valence-corrected chi connectivity index (χ1v) is 11.3. The van der Waals surface area contributed by atoms with Crippen LogP contribution in [-0.4, -0.2) is 8.35 Å². The largest absolute Gasteiger partial charge is 0.0864 e. The molecule has 0 aromatic rings. The molecule has 1 atom stereocenters. The Balaban J connectivity index is 3.07. The summed E-state index contributed by atoms with van der Waals surface area (Å²) in [6, 6.07) is 0. The molecule has 0 aromatic carbocycles. The molecule has 0 aromatic heterocycles. The highest BCUT2D eigenvalue weighted by Crippen LogP contribution is 2.19. The molecule has 1 unspecified atom stereocenters. The molecule has 0 N–H and O–H groups in total. The molecule has 19 heavy (non-hydrogen) atoms. The van der Waals surface area contributed by atoms with Crippen LogP contribution in [0.3, 0.4) is 0 Å². The molecule has 0 saturated carbocycles. The second-order valence-corrected chi connectivity index (χ2v) is 8.59. The van der Waals surface area contributed by atoms with Crippen LogP contribution >= 0.6 is 45.2 Å². The van der Waals surface area contributed by atoms with Crippen LogP contribution in [0, 0.1) is 0 Å². The molecule has 0 saturated heterocycles. The van der Waals surface area contributed by atoms with E-state index in [0.717, 1.165) is 3.92 Å². The topological polar surface area (TPSA) is 0 Å². The summed E-state index contributed by atoms with van der Waals surface area (Å²) in [6.45, 7) is 2.29. The molecule has 0 heterocycles. The average molecular weight is 492 g/mol. The van der Waals surface area contributed by atoms with Crippen molar-refractivity contribution in [2.75, 3.05) is 4.43 Å². The van der Waals surface area contributed by atoms with Gasteiger partial charge >= 0.3 is 0 Å². The lowest BCUT2D eigenvalue weighted by atomic mass is 10.0. The number of hydrogen-bond acceptors (Lipinski definition) is 0. The predicted octanol–water partition coefficient (Wildman–Crippen LogP) is 7.71. The zero-order valence-corrected chi connectivity index (χ0v) is 17.3. The first-order valence-electron chi connectivity index (χ1n) is 8.51. The number of hydrogen-bond donors (Lipinski definition) is 0. The Labute approximate surface area is 149 Å². The maximum Gasteiger partial charge on any atom is 0.0110 e. The van der Waals surface area contributed by atoms with Gasteiger partial charge in [0.1, 0.15) is 0 Å². The number of halogens is 2. The van der Waals surface area contributed by atoms with Crippen LogP contribution in [0.25, 0.3) is 0 Å². The summed E-state index contributed by atoms with van der Waals surface area (Å²) in [7, 11) is 0. The van der Waals surface area contributed by atoms with Crippen LogP contribution in [0.2, 0.25) is 0 Å². The van der Waals surface area contributed by atoms with Crippen molar-refractivity contribution in [1.29, 1.82) is 0 Å². The van der Waals surface area contributed by atoms with E-state index in [9.17, 15) is 0 Å². The Morgan fingerprint density at radius 3 is 1.53 bits per heavy atom. The Morgan fingerprint density at radius 1 is 0.632 bits per heavy atom. The van der Waals surface area contributed by atoms with Gasteiger partial charge < -0.3 is 0 Å². The maximum absolute atomic E-state index is 2.67. The highest BCUT2D eigenvalue weighted by molar-refractivity contribution is 14.1. The van der Waals surface area contributed by atoms with Crippen molar-refractivity contribution in [3.63, 3.8) is 0 Å². The predicted molar refractivity (Wildman–Crippen MR) is 107 cm³/mol. The van der Waals surface area contributed by atoms with Gasteiger partial charge in [-0.1, -0.05) is 123 Å². The van der Waals surface area contributed by atoms with Gasteiger partial charge in [0.05, 0.1) is 0 Å². The van der Waals surface area contributed by atoms with E-state index in [1.165, 1.54) is 94.3 Å². The van der Waals surface area contributed by atoms with Gasteiger partial charge in [0, 0.05) is 3.92 Å². The first-order chi connectivity index (χ1) is 9.31. The fourth-order valence-electron chi connectivity index (χ4n) is 2.46. The van der Waals surface area contributed by atoms with E-state index in [4.69, 9.17) is 0 Å². The Morgan fingerprint density at radius 2 is 1.05 bits per heavy atom. The van der Waals surface area contributed by atoms with Gasteiger partial charge in [0.2, 0.25) is 0 Å². The lowest BCUT2D eigenvalue weighted by molar-refractivity contribution is 0.545. The fourth-order valence-corrected chi connectivity index (χ4v) is 3.88. The minimum atomic E-state index is 0.941. The van der Waals surface area contributed by atoms with E-state index in [1.54, 1.807) is 0 Å². The molecule has 0 aliphatic heterocycles. The molecule has 0 spiro atoms. The van der Waals surface area contributed by atoms with Crippen molar-refractivity contribution in [3.05, 3.63) is 0 Å². The zero-order chi connectivity index (χ0) is 14.2. The van der Waals surface area contributed by atoms with Gasteiger partial charge in [-0.25, -0.2) is 0 Å². The summed E-state index contributed by atoms with van der Waals surface area (Å²) in [5.41, 5.74) is 0. The third-order valence-corrected chi connectivity index (χ3v) is 5.78. The van der Waals surface area contributed by atoms with Crippen LogP contribution in [-0.2, 0) is 0 Å². The zero-order valence-electron chi connectivity index (χ0n) is 12.9. The fraction of sp³-hybridized carbons (Fsp3) is 1.00. The molecule has 0 fully saturated rings. The molecule has 2 heteroatoms. The van der Waals surface area contributed by atoms with Crippen molar-refractivity contribution in [2.24, 2.45) is 0 Å². The molecular formula is C17H34I2. The van der Waals surface area contributed by atoms with E-state index in [0.29, 0.717) is 0 Å². The van der Waals surface area contributed by atoms with Crippen molar-refractivity contribution >= 4 is 45.2 Å². The summed E-state index contributed by atoms with van der Waals surface area (Å²) in [6.07, 6.45) is 20.3. The summed E-state index contributed by atoms with van der Waals surface area (Å²) in [5, 5.41) is 0. The molecule has 0 aliphatic rings. The standard InChI is InChI=1S/C17H34I2/c1-2-3-4-5-6-7-8-9-11-14-17(19)15-12-10-13-16-18/h17H,2-16H2,1H3. The SMILES string of the molecule is CCCCCCCCCCCC(I)CCCCCI. The lowest BCUT2D eigenvalue weighted by Crippen LogP contribution is -1.97.